The molecule has 1 saturated heterocycles. The summed E-state index contributed by atoms with van der Waals surface area (Å²) in [6.45, 7) is 2.55. The van der Waals surface area contributed by atoms with Crippen LogP contribution in [0.15, 0.2) is 59.5 Å². The number of morpholine rings is 1. The molecule has 0 unspecified atom stereocenters. The highest BCUT2D eigenvalue weighted by Crippen LogP contribution is 2.17. The molecular formula is C19H22N2O4S. The Morgan fingerprint density at radius 2 is 1.65 bits per heavy atom. The van der Waals surface area contributed by atoms with Crippen LogP contribution in [0.25, 0.3) is 0 Å². The van der Waals surface area contributed by atoms with E-state index < -0.39 is 10.0 Å². The van der Waals surface area contributed by atoms with Gasteiger partial charge in [0.25, 0.3) is 5.91 Å². The van der Waals surface area contributed by atoms with Gasteiger partial charge in [0, 0.05) is 32.2 Å². The third-order valence-corrected chi connectivity index (χ3v) is 6.17. The van der Waals surface area contributed by atoms with E-state index in [2.05, 4.69) is 0 Å². The first-order valence-electron chi connectivity index (χ1n) is 8.46. The highest BCUT2D eigenvalue weighted by atomic mass is 32.2. The number of hydrogen-bond acceptors (Lipinski definition) is 4. The Morgan fingerprint density at radius 1 is 1.04 bits per heavy atom. The van der Waals surface area contributed by atoms with Crippen LogP contribution in [-0.4, -0.2) is 56.9 Å². The molecule has 138 valence electrons. The molecule has 0 bridgehead atoms. The van der Waals surface area contributed by atoms with Crippen molar-refractivity contribution in [1.29, 1.82) is 0 Å². The van der Waals surface area contributed by atoms with Crippen LogP contribution in [0.1, 0.15) is 15.9 Å². The monoisotopic (exact) mass is 374 g/mol. The molecule has 0 aliphatic carbocycles. The zero-order valence-electron chi connectivity index (χ0n) is 14.7. The summed E-state index contributed by atoms with van der Waals surface area (Å²) in [5, 5.41) is 0. The van der Waals surface area contributed by atoms with Gasteiger partial charge in [-0.25, -0.2) is 8.42 Å². The molecule has 1 aliphatic heterocycles. The number of sulfonamides is 1. The van der Waals surface area contributed by atoms with Gasteiger partial charge in [-0.1, -0.05) is 30.3 Å². The van der Waals surface area contributed by atoms with Gasteiger partial charge in [0.1, 0.15) is 0 Å². The molecule has 3 rings (SSSR count). The van der Waals surface area contributed by atoms with E-state index in [-0.39, 0.29) is 17.3 Å². The average molecular weight is 374 g/mol. The molecule has 0 spiro atoms. The van der Waals surface area contributed by atoms with E-state index in [1.165, 1.54) is 4.31 Å². The van der Waals surface area contributed by atoms with Crippen molar-refractivity contribution in [2.75, 3.05) is 33.4 Å². The normalized spacial score (nSPS) is 15.2. The number of ether oxygens (including phenoxy) is 1. The molecule has 0 atom stereocenters. The maximum Gasteiger partial charge on any atom is 0.254 e. The SMILES string of the molecule is CN(Cc1ccc(C(=O)N2CCOCC2)cc1)S(=O)(=O)c1ccccc1. The third kappa shape index (κ3) is 4.12. The summed E-state index contributed by atoms with van der Waals surface area (Å²) < 4.78 is 31.7. The topological polar surface area (TPSA) is 66.9 Å². The quantitative estimate of drug-likeness (QED) is 0.803. The molecule has 2 aromatic rings. The lowest BCUT2D eigenvalue weighted by Gasteiger charge is -2.27. The van der Waals surface area contributed by atoms with E-state index in [4.69, 9.17) is 4.74 Å². The number of amides is 1. The lowest BCUT2D eigenvalue weighted by atomic mass is 10.1. The van der Waals surface area contributed by atoms with Gasteiger partial charge in [-0.15, -0.1) is 0 Å². The van der Waals surface area contributed by atoms with Gasteiger partial charge in [-0.2, -0.15) is 4.31 Å². The summed E-state index contributed by atoms with van der Waals surface area (Å²) in [4.78, 5) is 14.5. The molecule has 6 nitrogen and oxygen atoms in total. The zero-order valence-corrected chi connectivity index (χ0v) is 15.5. The van der Waals surface area contributed by atoms with Crippen molar-refractivity contribution in [2.24, 2.45) is 0 Å². The van der Waals surface area contributed by atoms with Crippen LogP contribution in [0.4, 0.5) is 0 Å². The molecular weight excluding hydrogens is 352 g/mol. The van der Waals surface area contributed by atoms with Crippen LogP contribution in [0, 0.1) is 0 Å². The van der Waals surface area contributed by atoms with Gasteiger partial charge in [0.15, 0.2) is 0 Å². The van der Waals surface area contributed by atoms with E-state index in [0.717, 1.165) is 5.56 Å². The molecule has 1 fully saturated rings. The van der Waals surface area contributed by atoms with E-state index >= 15 is 0 Å². The first-order chi connectivity index (χ1) is 12.5. The number of rotatable bonds is 5. The zero-order chi connectivity index (χ0) is 18.6. The molecule has 1 amide bonds. The molecule has 2 aromatic carbocycles. The Balaban J connectivity index is 1.68. The summed E-state index contributed by atoms with van der Waals surface area (Å²) >= 11 is 0. The number of benzene rings is 2. The maximum absolute atomic E-state index is 12.6. The summed E-state index contributed by atoms with van der Waals surface area (Å²) in [5.41, 5.74) is 1.43. The predicted molar refractivity (Wildman–Crippen MR) is 98.3 cm³/mol. The lowest BCUT2D eigenvalue weighted by molar-refractivity contribution is 0.0303. The number of nitrogens with zero attached hydrogens (tertiary/aromatic N) is 2. The van der Waals surface area contributed by atoms with Crippen molar-refractivity contribution in [3.8, 4) is 0 Å². The minimum Gasteiger partial charge on any atom is -0.378 e. The van der Waals surface area contributed by atoms with Crippen LogP contribution in [0.3, 0.4) is 0 Å². The second-order valence-electron chi connectivity index (χ2n) is 6.18. The molecule has 1 aliphatic rings. The Bertz CT molecular complexity index is 845. The Morgan fingerprint density at radius 3 is 2.27 bits per heavy atom. The minimum atomic E-state index is -3.54. The Labute approximate surface area is 154 Å². The second-order valence-corrected chi connectivity index (χ2v) is 8.22. The Hall–Kier alpha value is -2.22. The van der Waals surface area contributed by atoms with Crippen LogP contribution in [0.2, 0.25) is 0 Å². The average Bonchev–Trinajstić information content (AvgIpc) is 2.69. The van der Waals surface area contributed by atoms with Crippen molar-refractivity contribution in [2.45, 2.75) is 11.4 Å². The molecule has 0 radical (unpaired) electrons. The van der Waals surface area contributed by atoms with Gasteiger partial charge in [-0.05, 0) is 29.8 Å². The van der Waals surface area contributed by atoms with Gasteiger partial charge in [-0.3, -0.25) is 4.79 Å². The molecule has 0 aromatic heterocycles. The minimum absolute atomic E-state index is 0.0230. The van der Waals surface area contributed by atoms with Crippen molar-refractivity contribution in [3.05, 3.63) is 65.7 Å². The van der Waals surface area contributed by atoms with Gasteiger partial charge >= 0.3 is 0 Å². The van der Waals surface area contributed by atoms with E-state index in [1.807, 2.05) is 0 Å². The van der Waals surface area contributed by atoms with E-state index in [1.54, 1.807) is 66.5 Å². The van der Waals surface area contributed by atoms with Crippen LogP contribution in [-0.2, 0) is 21.3 Å². The molecule has 26 heavy (non-hydrogen) atoms. The highest BCUT2D eigenvalue weighted by molar-refractivity contribution is 7.89. The summed E-state index contributed by atoms with van der Waals surface area (Å²) in [5.74, 6) is -0.0230. The summed E-state index contributed by atoms with van der Waals surface area (Å²) in [6, 6.07) is 15.4. The van der Waals surface area contributed by atoms with Crippen molar-refractivity contribution >= 4 is 15.9 Å². The van der Waals surface area contributed by atoms with Crippen LogP contribution < -0.4 is 0 Å². The first kappa shape index (κ1) is 18.6. The molecule has 0 N–H and O–H groups in total. The van der Waals surface area contributed by atoms with Crippen LogP contribution in [0.5, 0.6) is 0 Å². The lowest BCUT2D eigenvalue weighted by Crippen LogP contribution is -2.40. The smallest absolute Gasteiger partial charge is 0.254 e. The fourth-order valence-electron chi connectivity index (χ4n) is 2.82. The standard InChI is InChI=1S/C19H22N2O4S/c1-20(26(23,24)18-5-3-2-4-6-18)15-16-7-9-17(10-8-16)19(22)21-11-13-25-14-12-21/h2-10H,11-15H2,1H3. The van der Waals surface area contributed by atoms with Gasteiger partial charge in [0.2, 0.25) is 10.0 Å². The fraction of sp³-hybridized carbons (Fsp3) is 0.316. The third-order valence-electron chi connectivity index (χ3n) is 4.36. The summed E-state index contributed by atoms with van der Waals surface area (Å²) in [7, 11) is -1.99. The number of carbonyl (C=O) groups is 1. The highest BCUT2D eigenvalue weighted by Gasteiger charge is 2.21. The second kappa shape index (κ2) is 7.99. The van der Waals surface area contributed by atoms with Crippen molar-refractivity contribution in [1.82, 2.24) is 9.21 Å². The summed E-state index contributed by atoms with van der Waals surface area (Å²) in [6.07, 6.45) is 0. The first-order valence-corrected chi connectivity index (χ1v) is 9.90. The van der Waals surface area contributed by atoms with Gasteiger partial charge < -0.3 is 9.64 Å². The fourth-order valence-corrected chi connectivity index (χ4v) is 4.00. The van der Waals surface area contributed by atoms with Crippen molar-refractivity contribution < 1.29 is 17.9 Å². The van der Waals surface area contributed by atoms with Gasteiger partial charge in [0.05, 0.1) is 18.1 Å². The predicted octanol–water partition coefficient (Wildman–Crippen LogP) is 1.98. The van der Waals surface area contributed by atoms with E-state index in [9.17, 15) is 13.2 Å². The van der Waals surface area contributed by atoms with Crippen molar-refractivity contribution in [3.63, 3.8) is 0 Å². The largest absolute Gasteiger partial charge is 0.378 e. The molecule has 1 heterocycles. The molecule has 7 heteroatoms. The molecule has 0 saturated carbocycles. The number of hydrogen-bond donors (Lipinski definition) is 0. The van der Waals surface area contributed by atoms with E-state index in [0.29, 0.717) is 31.9 Å². The number of carbonyl (C=O) groups excluding carboxylic acids is 1. The maximum atomic E-state index is 12.6. The Kier molecular flexibility index (Phi) is 5.70. The van der Waals surface area contributed by atoms with Crippen LogP contribution >= 0.6 is 0 Å².